The highest BCUT2D eigenvalue weighted by Gasteiger charge is 2.49. The molecule has 0 aliphatic carbocycles. The van der Waals surface area contributed by atoms with E-state index in [1.807, 2.05) is 30.3 Å². The van der Waals surface area contributed by atoms with Crippen molar-refractivity contribution in [2.24, 2.45) is 0 Å². The van der Waals surface area contributed by atoms with Gasteiger partial charge in [-0.05, 0) is 19.4 Å². The predicted molar refractivity (Wildman–Crippen MR) is 97.4 cm³/mol. The Bertz CT molecular complexity index is 655. The van der Waals surface area contributed by atoms with E-state index in [0.29, 0.717) is 6.61 Å². The molecule has 1 saturated heterocycles. The number of hydrogen-bond acceptors (Lipinski definition) is 8. The lowest BCUT2D eigenvalue weighted by Gasteiger charge is -2.22. The average Bonchev–Trinajstić information content (AvgIpc) is 2.98. The summed E-state index contributed by atoms with van der Waals surface area (Å²) in [7, 11) is -1.14. The summed E-state index contributed by atoms with van der Waals surface area (Å²) in [6.07, 6.45) is -3.63. The summed E-state index contributed by atoms with van der Waals surface area (Å²) in [6, 6.07) is 9.50. The molecule has 0 amide bonds. The van der Waals surface area contributed by atoms with Crippen molar-refractivity contribution >= 4 is 13.4 Å². The van der Waals surface area contributed by atoms with Gasteiger partial charge in [0.2, 0.25) is 0 Å². The van der Waals surface area contributed by atoms with Crippen LogP contribution in [0.5, 0.6) is 0 Å². The molecule has 1 aliphatic heterocycles. The molecule has 0 spiro atoms. The Morgan fingerprint density at radius 2 is 1.85 bits per heavy atom. The van der Waals surface area contributed by atoms with Crippen LogP contribution in [0.25, 0.3) is 0 Å². The second kappa shape index (κ2) is 9.39. The Morgan fingerprint density at radius 3 is 2.44 bits per heavy atom. The van der Waals surface area contributed by atoms with E-state index in [2.05, 4.69) is 0 Å². The van der Waals surface area contributed by atoms with Gasteiger partial charge >= 0.3 is 7.60 Å². The van der Waals surface area contributed by atoms with Crippen molar-refractivity contribution in [1.29, 1.82) is 0 Å². The van der Waals surface area contributed by atoms with Crippen LogP contribution in [0.4, 0.5) is 0 Å². The summed E-state index contributed by atoms with van der Waals surface area (Å²) in [6.45, 7) is 3.54. The van der Waals surface area contributed by atoms with Crippen molar-refractivity contribution in [2.75, 3.05) is 27.0 Å². The predicted octanol–water partition coefficient (Wildman–Crippen LogP) is 2.14. The zero-order chi connectivity index (χ0) is 20.1. The van der Waals surface area contributed by atoms with Gasteiger partial charge < -0.3 is 28.4 Å². The summed E-state index contributed by atoms with van der Waals surface area (Å²) in [4.78, 5) is 12.6. The highest BCUT2D eigenvalue weighted by atomic mass is 31.2. The van der Waals surface area contributed by atoms with Crippen LogP contribution in [-0.4, -0.2) is 62.0 Å². The van der Waals surface area contributed by atoms with Crippen LogP contribution < -0.4 is 0 Å². The molecule has 1 heterocycles. The monoisotopic (exact) mass is 402 g/mol. The molecule has 3 atom stereocenters. The Kier molecular flexibility index (Phi) is 7.71. The zero-order valence-electron chi connectivity index (χ0n) is 16.0. The van der Waals surface area contributed by atoms with Crippen molar-refractivity contribution in [3.63, 3.8) is 0 Å². The zero-order valence-corrected chi connectivity index (χ0v) is 16.9. The Hall–Kier alpha value is -1.12. The van der Waals surface area contributed by atoms with Crippen molar-refractivity contribution in [3.05, 3.63) is 35.9 Å². The number of carbonyl (C=O) groups excluding carboxylic acids is 1. The van der Waals surface area contributed by atoms with E-state index in [4.69, 9.17) is 23.3 Å². The molecule has 8 nitrogen and oxygen atoms in total. The van der Waals surface area contributed by atoms with Crippen LogP contribution in [0.15, 0.2) is 30.3 Å². The third-order valence-electron chi connectivity index (χ3n) is 4.13. The third-order valence-corrected chi connectivity index (χ3v) is 5.94. The second-order valence-corrected chi connectivity index (χ2v) is 8.96. The van der Waals surface area contributed by atoms with E-state index in [1.54, 1.807) is 13.8 Å². The molecule has 1 fully saturated rings. The first-order chi connectivity index (χ1) is 12.7. The van der Waals surface area contributed by atoms with Crippen LogP contribution in [0.1, 0.15) is 19.4 Å². The molecule has 1 aromatic carbocycles. The van der Waals surface area contributed by atoms with Gasteiger partial charge in [-0.3, -0.25) is 9.36 Å². The lowest BCUT2D eigenvalue weighted by molar-refractivity contribution is -0.161. The van der Waals surface area contributed by atoms with E-state index in [-0.39, 0.29) is 6.61 Å². The van der Waals surface area contributed by atoms with Crippen LogP contribution in [0.3, 0.4) is 0 Å². The van der Waals surface area contributed by atoms with Crippen molar-refractivity contribution in [1.82, 2.24) is 0 Å². The number of carbonyl (C=O) groups is 1. The molecule has 27 heavy (non-hydrogen) atoms. The van der Waals surface area contributed by atoms with Gasteiger partial charge in [0, 0.05) is 14.2 Å². The average molecular weight is 402 g/mol. The van der Waals surface area contributed by atoms with E-state index in [1.165, 1.54) is 14.2 Å². The third kappa shape index (κ3) is 6.19. The van der Waals surface area contributed by atoms with Gasteiger partial charge in [0.25, 0.3) is 0 Å². The number of aliphatic hydroxyl groups excluding tert-OH is 1. The van der Waals surface area contributed by atoms with Crippen LogP contribution in [0.2, 0.25) is 0 Å². The molecule has 0 saturated carbocycles. The number of Topliss-reactive ketones (excluding diaryl/α,β-unsaturated/α-hetero) is 1. The lowest BCUT2D eigenvalue weighted by Crippen LogP contribution is -2.43. The summed E-state index contributed by atoms with van der Waals surface area (Å²) in [5, 5.41) is 10.5. The van der Waals surface area contributed by atoms with E-state index in [9.17, 15) is 14.5 Å². The minimum Gasteiger partial charge on any atom is -0.388 e. The fourth-order valence-electron chi connectivity index (χ4n) is 2.77. The number of hydrogen-bond donors (Lipinski definition) is 1. The van der Waals surface area contributed by atoms with Gasteiger partial charge in [0.05, 0.1) is 13.2 Å². The second-order valence-electron chi connectivity index (χ2n) is 6.69. The summed E-state index contributed by atoms with van der Waals surface area (Å²) in [5.74, 6) is -1.60. The molecule has 3 unspecified atom stereocenters. The standard InChI is InChI=1S/C18H27O8P/c1-18(2)25-16(14(19)11-24-10-13-8-6-5-7-9-13)17(26-18)15(20)12-27(21,22-3)23-4/h5-9,14,16-17,19H,10-12H2,1-4H3. The van der Waals surface area contributed by atoms with Crippen LogP contribution in [-0.2, 0) is 39.2 Å². The maximum Gasteiger partial charge on any atom is 0.337 e. The van der Waals surface area contributed by atoms with Crippen molar-refractivity contribution in [3.8, 4) is 0 Å². The maximum atomic E-state index is 12.6. The van der Waals surface area contributed by atoms with Gasteiger partial charge in [0.15, 0.2) is 11.6 Å². The van der Waals surface area contributed by atoms with E-state index < -0.39 is 43.6 Å². The van der Waals surface area contributed by atoms with Crippen molar-refractivity contribution in [2.45, 2.75) is 44.6 Å². The normalized spacial score (nSPS) is 23.3. The molecule has 9 heteroatoms. The lowest BCUT2D eigenvalue weighted by atomic mass is 10.1. The molecule has 0 aromatic heterocycles. The van der Waals surface area contributed by atoms with Gasteiger partial charge in [0.1, 0.15) is 24.5 Å². The minimum absolute atomic E-state index is 0.0466. The molecule has 1 aliphatic rings. The van der Waals surface area contributed by atoms with Gasteiger partial charge in [-0.25, -0.2) is 0 Å². The molecular weight excluding hydrogens is 375 g/mol. The van der Waals surface area contributed by atoms with Gasteiger partial charge in [-0.2, -0.15) is 0 Å². The topological polar surface area (TPSA) is 101 Å². The fourth-order valence-corrected chi connectivity index (χ4v) is 3.74. The van der Waals surface area contributed by atoms with Crippen LogP contribution >= 0.6 is 7.60 Å². The smallest absolute Gasteiger partial charge is 0.337 e. The summed E-state index contributed by atoms with van der Waals surface area (Å²) in [5.41, 5.74) is 0.961. The number of rotatable bonds is 10. The number of ketones is 1. The largest absolute Gasteiger partial charge is 0.388 e. The molecule has 152 valence electrons. The molecule has 2 rings (SSSR count). The molecular formula is C18H27O8P. The number of benzene rings is 1. The Balaban J connectivity index is 1.99. The summed E-state index contributed by atoms with van der Waals surface area (Å²) < 4.78 is 38.7. The quantitative estimate of drug-likeness (QED) is 0.594. The Morgan fingerprint density at radius 1 is 1.22 bits per heavy atom. The highest BCUT2D eigenvalue weighted by Crippen LogP contribution is 2.47. The Labute approximate surface area is 159 Å². The SMILES string of the molecule is COP(=O)(CC(=O)C1OC(C)(C)OC1C(O)COCc1ccccc1)OC. The highest BCUT2D eigenvalue weighted by molar-refractivity contribution is 7.54. The van der Waals surface area contributed by atoms with Gasteiger partial charge in [-0.15, -0.1) is 0 Å². The summed E-state index contributed by atoms with van der Waals surface area (Å²) >= 11 is 0. The van der Waals surface area contributed by atoms with Crippen LogP contribution in [0, 0.1) is 0 Å². The number of ether oxygens (including phenoxy) is 3. The maximum absolute atomic E-state index is 12.6. The number of aliphatic hydroxyl groups is 1. The first-order valence-corrected chi connectivity index (χ1v) is 10.3. The molecule has 1 N–H and O–H groups in total. The molecule has 1 aromatic rings. The first-order valence-electron chi connectivity index (χ1n) is 8.58. The molecule has 0 radical (unpaired) electrons. The molecule has 0 bridgehead atoms. The van der Waals surface area contributed by atoms with Gasteiger partial charge in [-0.1, -0.05) is 30.3 Å². The fraction of sp³-hybridized carbons (Fsp3) is 0.611. The first kappa shape index (κ1) is 22.2. The van der Waals surface area contributed by atoms with E-state index in [0.717, 1.165) is 5.56 Å². The minimum atomic E-state index is -3.55. The van der Waals surface area contributed by atoms with E-state index >= 15 is 0 Å². The van der Waals surface area contributed by atoms with Crippen molar-refractivity contribution < 1.29 is 37.7 Å².